The zero-order chi connectivity index (χ0) is 24.0. The monoisotopic (exact) mass is 470 g/mol. The Morgan fingerprint density at radius 1 is 0.848 bits per heavy atom. The minimum atomic E-state index is -4.57. The molecule has 0 spiro atoms. The van der Waals surface area contributed by atoms with Gasteiger partial charge in [0, 0.05) is 23.6 Å². The lowest BCUT2D eigenvalue weighted by atomic mass is 9.89. The number of phenolic OH excluding ortho intramolecular Hbond substituents is 2. The first kappa shape index (κ1) is 23.1. The molecule has 2 saturated carbocycles. The summed E-state index contributed by atoms with van der Waals surface area (Å²) in [5.74, 6) is -0.402. The lowest BCUT2D eigenvalue weighted by Gasteiger charge is -2.28. The van der Waals surface area contributed by atoms with E-state index in [9.17, 15) is 36.6 Å². The van der Waals surface area contributed by atoms with Gasteiger partial charge in [0.15, 0.2) is 0 Å². The molecule has 4 nitrogen and oxygen atoms in total. The molecule has 10 heteroatoms. The van der Waals surface area contributed by atoms with Gasteiger partial charge in [-0.05, 0) is 68.0 Å². The average molecular weight is 470 g/mol. The molecule has 176 valence electrons. The molecule has 0 radical (unpaired) electrons. The van der Waals surface area contributed by atoms with E-state index in [-0.39, 0.29) is 28.5 Å². The van der Waals surface area contributed by atoms with Crippen LogP contribution >= 0.6 is 0 Å². The Balaban J connectivity index is 1.61. The third-order valence-corrected chi connectivity index (χ3v) is 6.37. The van der Waals surface area contributed by atoms with Gasteiger partial charge in [-0.25, -0.2) is 0 Å². The molecule has 0 amide bonds. The number of benzene rings is 2. The minimum absolute atomic E-state index is 0.0761. The van der Waals surface area contributed by atoms with Crippen LogP contribution in [-0.4, -0.2) is 34.2 Å². The summed E-state index contributed by atoms with van der Waals surface area (Å²) in [6.45, 7) is 0. The van der Waals surface area contributed by atoms with Crippen molar-refractivity contribution in [2.24, 2.45) is 15.9 Å². The number of phenols is 2. The second kappa shape index (κ2) is 8.07. The summed E-state index contributed by atoms with van der Waals surface area (Å²) in [6.07, 6.45) is -4.00. The van der Waals surface area contributed by atoms with Crippen LogP contribution in [0.2, 0.25) is 0 Å². The van der Waals surface area contributed by atoms with Crippen molar-refractivity contribution in [3.05, 3.63) is 58.7 Å². The summed E-state index contributed by atoms with van der Waals surface area (Å²) < 4.78 is 78.0. The second-order valence-corrected chi connectivity index (χ2v) is 8.54. The van der Waals surface area contributed by atoms with Crippen LogP contribution in [0.25, 0.3) is 0 Å². The summed E-state index contributed by atoms with van der Waals surface area (Å²) in [5.41, 5.74) is -2.71. The van der Waals surface area contributed by atoms with Crippen molar-refractivity contribution in [1.29, 1.82) is 0 Å². The van der Waals surface area contributed by atoms with E-state index in [2.05, 4.69) is 9.98 Å². The molecule has 3 unspecified atom stereocenters. The molecule has 0 heterocycles. The standard InChI is InChI=1S/C23H20F6N2O2/c24-22(25,26)16-1-3-18(32)14(8-16)11-30-20-7-13-5-6-21(20,10-13)31-12-15-9-17(23(27,28)29)2-4-19(15)33/h1-4,8-9,11-13,20,32-33H,5-7,10H2. The van der Waals surface area contributed by atoms with Gasteiger partial charge in [0.25, 0.3) is 0 Å². The van der Waals surface area contributed by atoms with E-state index in [0.717, 1.165) is 42.8 Å². The number of fused-ring (bicyclic) bond motifs is 2. The van der Waals surface area contributed by atoms with Crippen molar-refractivity contribution in [3.63, 3.8) is 0 Å². The second-order valence-electron chi connectivity index (χ2n) is 8.54. The fourth-order valence-corrected chi connectivity index (χ4v) is 4.64. The quantitative estimate of drug-likeness (QED) is 0.426. The summed E-state index contributed by atoms with van der Waals surface area (Å²) in [7, 11) is 0. The number of hydrogen-bond acceptors (Lipinski definition) is 4. The largest absolute Gasteiger partial charge is 0.507 e. The average Bonchev–Trinajstić information content (AvgIpc) is 3.29. The number of aromatic hydroxyl groups is 2. The Hall–Kier alpha value is -3.04. The Morgan fingerprint density at radius 3 is 1.91 bits per heavy atom. The first-order chi connectivity index (χ1) is 15.4. The highest BCUT2D eigenvalue weighted by Crippen LogP contribution is 2.51. The van der Waals surface area contributed by atoms with Crippen LogP contribution in [0.5, 0.6) is 11.5 Å². The van der Waals surface area contributed by atoms with Gasteiger partial charge >= 0.3 is 12.4 Å². The number of halogens is 6. The molecule has 2 bridgehead atoms. The molecular formula is C23H20F6N2O2. The van der Waals surface area contributed by atoms with Gasteiger partial charge in [0.1, 0.15) is 11.5 Å². The summed E-state index contributed by atoms with van der Waals surface area (Å²) in [6, 6.07) is 4.68. The summed E-state index contributed by atoms with van der Waals surface area (Å²) >= 11 is 0. The Kier molecular flexibility index (Phi) is 5.66. The fraction of sp³-hybridized carbons (Fsp3) is 0.391. The lowest BCUT2D eigenvalue weighted by molar-refractivity contribution is -0.138. The molecular weight excluding hydrogens is 450 g/mol. The van der Waals surface area contributed by atoms with Crippen LogP contribution in [0, 0.1) is 5.92 Å². The van der Waals surface area contributed by atoms with Crippen LogP contribution in [0.1, 0.15) is 47.9 Å². The van der Waals surface area contributed by atoms with Crippen LogP contribution in [0.15, 0.2) is 46.4 Å². The highest BCUT2D eigenvalue weighted by molar-refractivity contribution is 5.85. The normalized spacial score (nSPS) is 25.5. The van der Waals surface area contributed by atoms with E-state index < -0.39 is 35.1 Å². The zero-order valence-corrected chi connectivity index (χ0v) is 17.2. The van der Waals surface area contributed by atoms with Crippen LogP contribution < -0.4 is 0 Å². The van der Waals surface area contributed by atoms with Crippen molar-refractivity contribution in [2.75, 3.05) is 0 Å². The van der Waals surface area contributed by atoms with Crippen molar-refractivity contribution >= 4 is 12.4 Å². The van der Waals surface area contributed by atoms with Gasteiger partial charge in [-0.2, -0.15) is 26.3 Å². The minimum Gasteiger partial charge on any atom is -0.507 e. The maximum Gasteiger partial charge on any atom is 0.416 e. The van der Waals surface area contributed by atoms with Gasteiger partial charge in [-0.3, -0.25) is 9.98 Å². The lowest BCUT2D eigenvalue weighted by Crippen LogP contribution is -2.34. The SMILES string of the molecule is Oc1ccc(C(F)(F)F)cc1C=NC1CC2CCC1(N=Cc1cc(C(F)(F)F)ccc1O)C2. The van der Waals surface area contributed by atoms with Crippen molar-refractivity contribution in [1.82, 2.24) is 0 Å². The van der Waals surface area contributed by atoms with Crippen LogP contribution in [0.3, 0.4) is 0 Å². The van der Waals surface area contributed by atoms with Crippen molar-refractivity contribution in [2.45, 2.75) is 49.6 Å². The van der Waals surface area contributed by atoms with Crippen molar-refractivity contribution in [3.8, 4) is 11.5 Å². The first-order valence-electron chi connectivity index (χ1n) is 10.3. The maximum atomic E-state index is 13.0. The Morgan fingerprint density at radius 2 is 1.39 bits per heavy atom. The molecule has 2 aromatic carbocycles. The Bertz CT molecular complexity index is 1110. The first-order valence-corrected chi connectivity index (χ1v) is 10.3. The highest BCUT2D eigenvalue weighted by atomic mass is 19.4. The number of nitrogens with zero attached hydrogens (tertiary/aromatic N) is 2. The molecule has 2 aliphatic carbocycles. The van der Waals surface area contributed by atoms with E-state index in [1.807, 2.05) is 0 Å². The van der Waals surface area contributed by atoms with Crippen molar-refractivity contribution < 1.29 is 36.6 Å². The molecule has 2 aliphatic rings. The van der Waals surface area contributed by atoms with Gasteiger partial charge in [0.2, 0.25) is 0 Å². The van der Waals surface area contributed by atoms with Gasteiger partial charge in [0.05, 0.1) is 22.7 Å². The zero-order valence-electron chi connectivity index (χ0n) is 17.2. The number of alkyl halides is 6. The van der Waals surface area contributed by atoms with Gasteiger partial charge in [-0.15, -0.1) is 0 Å². The highest BCUT2D eigenvalue weighted by Gasteiger charge is 2.52. The molecule has 3 atom stereocenters. The molecule has 2 N–H and O–H groups in total. The number of hydrogen-bond donors (Lipinski definition) is 2. The molecule has 2 fully saturated rings. The van der Waals surface area contributed by atoms with Gasteiger partial charge < -0.3 is 10.2 Å². The smallest absolute Gasteiger partial charge is 0.416 e. The Labute approximate surface area is 185 Å². The maximum absolute atomic E-state index is 13.0. The van der Waals surface area contributed by atoms with Crippen LogP contribution in [-0.2, 0) is 12.4 Å². The topological polar surface area (TPSA) is 65.2 Å². The molecule has 0 aliphatic heterocycles. The predicted molar refractivity (Wildman–Crippen MR) is 110 cm³/mol. The molecule has 33 heavy (non-hydrogen) atoms. The van der Waals surface area contributed by atoms with E-state index in [0.29, 0.717) is 19.3 Å². The molecule has 4 rings (SSSR count). The van der Waals surface area contributed by atoms with E-state index in [4.69, 9.17) is 0 Å². The molecule has 0 aromatic heterocycles. The van der Waals surface area contributed by atoms with E-state index in [1.54, 1.807) is 0 Å². The fourth-order valence-electron chi connectivity index (χ4n) is 4.64. The number of rotatable bonds is 4. The summed E-state index contributed by atoms with van der Waals surface area (Å²) in [4.78, 5) is 8.95. The van der Waals surface area contributed by atoms with E-state index in [1.165, 1.54) is 12.4 Å². The molecule has 2 aromatic rings. The van der Waals surface area contributed by atoms with E-state index >= 15 is 0 Å². The number of aliphatic imine (C=N–C) groups is 2. The predicted octanol–water partition coefficient (Wildman–Crippen LogP) is 5.98. The third kappa shape index (κ3) is 4.69. The summed E-state index contributed by atoms with van der Waals surface area (Å²) in [5, 5.41) is 19.9. The van der Waals surface area contributed by atoms with Gasteiger partial charge in [-0.1, -0.05) is 0 Å². The molecule has 0 saturated heterocycles. The third-order valence-electron chi connectivity index (χ3n) is 6.37. The van der Waals surface area contributed by atoms with Crippen LogP contribution in [0.4, 0.5) is 26.3 Å².